The lowest BCUT2D eigenvalue weighted by Crippen LogP contribution is -2.52. The molecule has 0 spiro atoms. The van der Waals surface area contributed by atoms with E-state index in [1.807, 2.05) is 30.3 Å². The van der Waals surface area contributed by atoms with Gasteiger partial charge in [-0.2, -0.15) is 5.26 Å². The molecule has 1 aliphatic heterocycles. The first-order chi connectivity index (χ1) is 12.3. The number of hydrogen-bond donors (Lipinski definition) is 1. The molecule has 25 heavy (non-hydrogen) atoms. The Bertz CT molecular complexity index is 729. The zero-order chi connectivity index (χ0) is 17.5. The maximum atomic E-state index is 8.89. The third-order valence-electron chi connectivity index (χ3n) is 4.46. The van der Waals surface area contributed by atoms with Gasteiger partial charge < -0.3 is 15.1 Å². The number of piperazine rings is 1. The molecule has 1 heterocycles. The SMILES string of the molecule is N#Cc1ccc(N2CCN(C(=S)NCCc3ccccc3)CC2)cc1. The van der Waals surface area contributed by atoms with Crippen LogP contribution in [0.3, 0.4) is 0 Å². The van der Waals surface area contributed by atoms with Crippen LogP contribution in [0, 0.1) is 11.3 Å². The van der Waals surface area contributed by atoms with E-state index in [2.05, 4.69) is 45.5 Å². The number of thiocarbonyl (C=S) groups is 1. The van der Waals surface area contributed by atoms with Gasteiger partial charge in [0, 0.05) is 38.4 Å². The molecule has 0 amide bonds. The first kappa shape index (κ1) is 17.2. The summed E-state index contributed by atoms with van der Waals surface area (Å²) in [4.78, 5) is 4.57. The Morgan fingerprint density at radius 2 is 1.68 bits per heavy atom. The van der Waals surface area contributed by atoms with Crippen LogP contribution in [-0.2, 0) is 6.42 Å². The zero-order valence-electron chi connectivity index (χ0n) is 14.2. The summed E-state index contributed by atoms with van der Waals surface area (Å²) in [6.45, 7) is 4.56. The van der Waals surface area contributed by atoms with Crippen LogP contribution in [0.15, 0.2) is 54.6 Å². The number of nitrogens with one attached hydrogen (secondary N) is 1. The van der Waals surface area contributed by atoms with Gasteiger partial charge in [0.1, 0.15) is 0 Å². The predicted octanol–water partition coefficient (Wildman–Crippen LogP) is 2.80. The van der Waals surface area contributed by atoms with Crippen LogP contribution >= 0.6 is 12.2 Å². The molecule has 0 saturated carbocycles. The van der Waals surface area contributed by atoms with Gasteiger partial charge in [0.05, 0.1) is 11.6 Å². The fourth-order valence-electron chi connectivity index (χ4n) is 2.98. The molecule has 128 valence electrons. The number of nitrogens with zero attached hydrogens (tertiary/aromatic N) is 3. The molecule has 5 heteroatoms. The van der Waals surface area contributed by atoms with E-state index < -0.39 is 0 Å². The van der Waals surface area contributed by atoms with Gasteiger partial charge in [-0.1, -0.05) is 30.3 Å². The van der Waals surface area contributed by atoms with Gasteiger partial charge >= 0.3 is 0 Å². The quantitative estimate of drug-likeness (QED) is 0.859. The minimum atomic E-state index is 0.700. The summed E-state index contributed by atoms with van der Waals surface area (Å²) < 4.78 is 0. The molecule has 0 unspecified atom stereocenters. The van der Waals surface area contributed by atoms with Crippen molar-refractivity contribution in [2.75, 3.05) is 37.6 Å². The maximum absolute atomic E-state index is 8.89. The van der Waals surface area contributed by atoms with Crippen molar-refractivity contribution in [2.45, 2.75) is 6.42 Å². The van der Waals surface area contributed by atoms with Gasteiger partial charge in [-0.25, -0.2) is 0 Å². The zero-order valence-corrected chi connectivity index (χ0v) is 15.0. The fraction of sp³-hybridized carbons (Fsp3) is 0.300. The van der Waals surface area contributed by atoms with E-state index in [9.17, 15) is 0 Å². The van der Waals surface area contributed by atoms with Crippen molar-refractivity contribution in [2.24, 2.45) is 0 Å². The summed E-state index contributed by atoms with van der Waals surface area (Å²) in [6.07, 6.45) is 0.978. The first-order valence-electron chi connectivity index (χ1n) is 8.58. The number of nitriles is 1. The summed E-state index contributed by atoms with van der Waals surface area (Å²) in [7, 11) is 0. The number of hydrogen-bond acceptors (Lipinski definition) is 3. The lowest BCUT2D eigenvalue weighted by atomic mass is 10.1. The Morgan fingerprint density at radius 1 is 1.00 bits per heavy atom. The van der Waals surface area contributed by atoms with E-state index in [0.717, 1.165) is 44.3 Å². The van der Waals surface area contributed by atoms with Crippen molar-refractivity contribution in [1.82, 2.24) is 10.2 Å². The summed E-state index contributed by atoms with van der Waals surface area (Å²) in [5.41, 5.74) is 3.19. The largest absolute Gasteiger partial charge is 0.368 e. The van der Waals surface area contributed by atoms with Crippen LogP contribution in [-0.4, -0.2) is 42.7 Å². The molecule has 3 rings (SSSR count). The Balaban J connectivity index is 1.43. The second-order valence-corrected chi connectivity index (χ2v) is 6.49. The molecule has 0 atom stereocenters. The third kappa shape index (κ3) is 4.71. The van der Waals surface area contributed by atoms with E-state index in [1.165, 1.54) is 11.3 Å². The second-order valence-electron chi connectivity index (χ2n) is 6.10. The lowest BCUT2D eigenvalue weighted by molar-refractivity contribution is 0.380. The van der Waals surface area contributed by atoms with Crippen LogP contribution < -0.4 is 10.2 Å². The summed E-state index contributed by atoms with van der Waals surface area (Å²) >= 11 is 5.54. The van der Waals surface area contributed by atoms with Gasteiger partial charge in [0.15, 0.2) is 5.11 Å². The molecule has 0 radical (unpaired) electrons. The minimum Gasteiger partial charge on any atom is -0.368 e. The third-order valence-corrected chi connectivity index (χ3v) is 4.86. The molecule has 2 aromatic rings. The molecule has 2 aromatic carbocycles. The lowest BCUT2D eigenvalue weighted by Gasteiger charge is -2.37. The Morgan fingerprint density at radius 3 is 2.32 bits per heavy atom. The van der Waals surface area contributed by atoms with Crippen LogP contribution in [0.2, 0.25) is 0 Å². The highest BCUT2D eigenvalue weighted by atomic mass is 32.1. The van der Waals surface area contributed by atoms with Crippen molar-refractivity contribution in [3.63, 3.8) is 0 Å². The normalized spacial score (nSPS) is 14.0. The topological polar surface area (TPSA) is 42.3 Å². The summed E-state index contributed by atoms with van der Waals surface area (Å²) in [5.74, 6) is 0. The summed E-state index contributed by atoms with van der Waals surface area (Å²) in [6, 6.07) is 20.4. The highest BCUT2D eigenvalue weighted by Gasteiger charge is 2.18. The van der Waals surface area contributed by atoms with E-state index in [0.29, 0.717) is 5.56 Å². The van der Waals surface area contributed by atoms with E-state index in [-0.39, 0.29) is 0 Å². The van der Waals surface area contributed by atoms with Gasteiger partial charge in [0.25, 0.3) is 0 Å². The van der Waals surface area contributed by atoms with Gasteiger partial charge in [-0.15, -0.1) is 0 Å². The van der Waals surface area contributed by atoms with E-state index >= 15 is 0 Å². The van der Waals surface area contributed by atoms with Crippen LogP contribution in [0.5, 0.6) is 0 Å². The average Bonchev–Trinajstić information content (AvgIpc) is 2.69. The van der Waals surface area contributed by atoms with Gasteiger partial charge in [-0.05, 0) is 48.5 Å². The van der Waals surface area contributed by atoms with E-state index in [1.54, 1.807) is 0 Å². The number of benzene rings is 2. The van der Waals surface area contributed by atoms with Crippen molar-refractivity contribution in [3.8, 4) is 6.07 Å². The average molecular weight is 350 g/mol. The molecule has 0 bridgehead atoms. The standard InChI is InChI=1S/C20H22N4S/c21-16-18-6-8-19(9-7-18)23-12-14-24(15-13-23)20(25)22-11-10-17-4-2-1-3-5-17/h1-9H,10-15H2,(H,22,25). The highest BCUT2D eigenvalue weighted by Crippen LogP contribution is 2.17. The van der Waals surface area contributed by atoms with Crippen LogP contribution in [0.1, 0.15) is 11.1 Å². The predicted molar refractivity (Wildman–Crippen MR) is 106 cm³/mol. The molecule has 4 nitrogen and oxygen atoms in total. The number of rotatable bonds is 4. The number of anilines is 1. The van der Waals surface area contributed by atoms with Crippen molar-refractivity contribution < 1.29 is 0 Å². The first-order valence-corrected chi connectivity index (χ1v) is 8.99. The highest BCUT2D eigenvalue weighted by molar-refractivity contribution is 7.80. The van der Waals surface area contributed by atoms with E-state index in [4.69, 9.17) is 17.5 Å². The summed E-state index contributed by atoms with van der Waals surface area (Å²) in [5, 5.41) is 13.1. The van der Waals surface area contributed by atoms with Crippen LogP contribution in [0.4, 0.5) is 5.69 Å². The maximum Gasteiger partial charge on any atom is 0.169 e. The monoisotopic (exact) mass is 350 g/mol. The molecule has 1 N–H and O–H groups in total. The molecule has 0 aliphatic carbocycles. The van der Waals surface area contributed by atoms with Gasteiger partial charge in [-0.3, -0.25) is 0 Å². The molecule has 1 fully saturated rings. The van der Waals surface area contributed by atoms with Crippen molar-refractivity contribution in [3.05, 3.63) is 65.7 Å². The van der Waals surface area contributed by atoms with Crippen LogP contribution in [0.25, 0.3) is 0 Å². The molecular formula is C20H22N4S. The molecule has 0 aromatic heterocycles. The van der Waals surface area contributed by atoms with Crippen molar-refractivity contribution >= 4 is 23.0 Å². The smallest absolute Gasteiger partial charge is 0.169 e. The fourth-order valence-corrected chi connectivity index (χ4v) is 3.27. The Hall–Kier alpha value is -2.58. The minimum absolute atomic E-state index is 0.700. The van der Waals surface area contributed by atoms with Gasteiger partial charge in [0.2, 0.25) is 0 Å². The van der Waals surface area contributed by atoms with Crippen molar-refractivity contribution in [1.29, 1.82) is 5.26 Å². The molecule has 1 saturated heterocycles. The Kier molecular flexibility index (Phi) is 5.86. The second kappa shape index (κ2) is 8.50. The molecular weight excluding hydrogens is 328 g/mol. The Labute approximate surface area is 154 Å². The molecule has 1 aliphatic rings.